The van der Waals surface area contributed by atoms with Gasteiger partial charge in [0.2, 0.25) is 11.7 Å². The van der Waals surface area contributed by atoms with E-state index in [1.165, 1.54) is 18.2 Å². The van der Waals surface area contributed by atoms with Crippen molar-refractivity contribution in [3.05, 3.63) is 59.7 Å². The summed E-state index contributed by atoms with van der Waals surface area (Å²) in [5.41, 5.74) is 0.643. The number of aryl methyl sites for hydroxylation is 1. The van der Waals surface area contributed by atoms with E-state index in [-0.39, 0.29) is 11.3 Å². The Morgan fingerprint density at radius 3 is 2.59 bits per heavy atom. The summed E-state index contributed by atoms with van der Waals surface area (Å²) in [4.78, 5) is 4.12. The van der Waals surface area contributed by atoms with E-state index >= 15 is 0 Å². The molecule has 0 aliphatic carbocycles. The Kier molecular flexibility index (Phi) is 3.54. The minimum absolute atomic E-state index is 0.125. The van der Waals surface area contributed by atoms with Crippen molar-refractivity contribution in [3.63, 3.8) is 0 Å². The van der Waals surface area contributed by atoms with Crippen molar-refractivity contribution in [1.29, 1.82) is 5.26 Å². The zero-order chi connectivity index (χ0) is 15.5. The molecule has 0 bridgehead atoms. The van der Waals surface area contributed by atoms with Gasteiger partial charge in [0, 0.05) is 12.5 Å². The highest BCUT2D eigenvalue weighted by molar-refractivity contribution is 5.56. The lowest BCUT2D eigenvalue weighted by Crippen LogP contribution is -1.91. The van der Waals surface area contributed by atoms with E-state index in [4.69, 9.17) is 14.5 Å². The maximum absolute atomic E-state index is 13.5. The molecule has 1 aromatic heterocycles. The van der Waals surface area contributed by atoms with Gasteiger partial charge in [0.05, 0.1) is 0 Å². The summed E-state index contributed by atoms with van der Waals surface area (Å²) in [6.07, 6.45) is 0. The third kappa shape index (κ3) is 2.65. The standard InChI is InChI=1S/C16H10FN3O2/c1-10-19-16(20-22-10)11-5-7-12(8-6-11)21-15-4-2-3-14(17)13(15)9-18/h2-8H,1H3. The molecular formula is C16H10FN3O2. The van der Waals surface area contributed by atoms with Crippen molar-refractivity contribution in [2.45, 2.75) is 6.92 Å². The molecule has 3 rings (SSSR count). The highest BCUT2D eigenvalue weighted by Gasteiger charge is 2.10. The Balaban J connectivity index is 1.86. The highest BCUT2D eigenvalue weighted by atomic mass is 19.1. The quantitative estimate of drug-likeness (QED) is 0.734. The van der Waals surface area contributed by atoms with E-state index in [9.17, 15) is 4.39 Å². The van der Waals surface area contributed by atoms with E-state index in [1.54, 1.807) is 37.3 Å². The molecular weight excluding hydrogens is 285 g/mol. The van der Waals surface area contributed by atoms with Crippen molar-refractivity contribution in [2.75, 3.05) is 0 Å². The number of halogens is 1. The van der Waals surface area contributed by atoms with Crippen LogP contribution in [-0.2, 0) is 0 Å². The van der Waals surface area contributed by atoms with Crippen LogP contribution in [0.25, 0.3) is 11.4 Å². The number of ether oxygens (including phenoxy) is 1. The molecule has 0 spiro atoms. The molecule has 6 heteroatoms. The summed E-state index contributed by atoms with van der Waals surface area (Å²) >= 11 is 0. The molecule has 0 unspecified atom stereocenters. The molecule has 0 saturated heterocycles. The van der Waals surface area contributed by atoms with Gasteiger partial charge in [0.1, 0.15) is 28.9 Å². The molecule has 0 aliphatic heterocycles. The molecule has 0 amide bonds. The van der Waals surface area contributed by atoms with Crippen LogP contribution in [0.4, 0.5) is 4.39 Å². The van der Waals surface area contributed by atoms with Gasteiger partial charge in [-0.15, -0.1) is 0 Å². The fourth-order valence-electron chi connectivity index (χ4n) is 1.91. The van der Waals surface area contributed by atoms with Crippen LogP contribution in [0.2, 0.25) is 0 Å². The van der Waals surface area contributed by atoms with Crippen LogP contribution < -0.4 is 4.74 Å². The maximum Gasteiger partial charge on any atom is 0.223 e. The number of benzene rings is 2. The molecule has 108 valence electrons. The van der Waals surface area contributed by atoms with Gasteiger partial charge in [-0.25, -0.2) is 4.39 Å². The average molecular weight is 295 g/mol. The zero-order valence-electron chi connectivity index (χ0n) is 11.6. The van der Waals surface area contributed by atoms with Crippen LogP contribution in [0.15, 0.2) is 47.0 Å². The van der Waals surface area contributed by atoms with Gasteiger partial charge in [-0.2, -0.15) is 10.2 Å². The second-order valence-corrected chi connectivity index (χ2v) is 4.49. The first-order valence-corrected chi connectivity index (χ1v) is 6.44. The second-order valence-electron chi connectivity index (χ2n) is 4.49. The number of rotatable bonds is 3. The Hall–Kier alpha value is -3.20. The molecule has 5 nitrogen and oxygen atoms in total. The van der Waals surface area contributed by atoms with E-state index in [0.717, 1.165) is 5.56 Å². The van der Waals surface area contributed by atoms with Gasteiger partial charge in [-0.3, -0.25) is 0 Å². The smallest absolute Gasteiger partial charge is 0.223 e. The van der Waals surface area contributed by atoms with E-state index in [0.29, 0.717) is 17.5 Å². The predicted molar refractivity (Wildman–Crippen MR) is 75.7 cm³/mol. The van der Waals surface area contributed by atoms with Gasteiger partial charge in [0.25, 0.3) is 0 Å². The topological polar surface area (TPSA) is 71.9 Å². The van der Waals surface area contributed by atoms with Crippen molar-refractivity contribution in [3.8, 4) is 29.0 Å². The third-order valence-corrected chi connectivity index (χ3v) is 2.96. The Morgan fingerprint density at radius 2 is 1.95 bits per heavy atom. The van der Waals surface area contributed by atoms with Crippen LogP contribution in [-0.4, -0.2) is 10.1 Å². The Bertz CT molecular complexity index is 851. The van der Waals surface area contributed by atoms with Crippen LogP contribution in [0.3, 0.4) is 0 Å². The Morgan fingerprint density at radius 1 is 1.18 bits per heavy atom. The fourth-order valence-corrected chi connectivity index (χ4v) is 1.91. The lowest BCUT2D eigenvalue weighted by atomic mass is 10.2. The summed E-state index contributed by atoms with van der Waals surface area (Å²) in [6.45, 7) is 1.71. The van der Waals surface area contributed by atoms with E-state index < -0.39 is 5.82 Å². The monoisotopic (exact) mass is 295 g/mol. The molecule has 0 N–H and O–H groups in total. The number of nitriles is 1. The van der Waals surface area contributed by atoms with Gasteiger partial charge in [-0.05, 0) is 36.4 Å². The summed E-state index contributed by atoms with van der Waals surface area (Å²) in [5, 5.41) is 12.8. The molecule has 0 atom stereocenters. The number of hydrogen-bond donors (Lipinski definition) is 0. The minimum Gasteiger partial charge on any atom is -0.456 e. The van der Waals surface area contributed by atoms with E-state index in [1.807, 2.05) is 0 Å². The first-order chi connectivity index (χ1) is 10.7. The predicted octanol–water partition coefficient (Wildman–Crippen LogP) is 3.85. The van der Waals surface area contributed by atoms with Crippen molar-refractivity contribution in [1.82, 2.24) is 10.1 Å². The number of hydrogen-bond acceptors (Lipinski definition) is 5. The lowest BCUT2D eigenvalue weighted by molar-refractivity contribution is 0.394. The van der Waals surface area contributed by atoms with Crippen LogP contribution in [0.1, 0.15) is 11.5 Å². The summed E-state index contributed by atoms with van der Waals surface area (Å²) < 4.78 is 24.0. The fraction of sp³-hybridized carbons (Fsp3) is 0.0625. The Labute approximate surface area is 125 Å². The number of aromatic nitrogens is 2. The zero-order valence-corrected chi connectivity index (χ0v) is 11.6. The molecule has 0 aliphatic rings. The first-order valence-electron chi connectivity index (χ1n) is 6.44. The normalized spacial score (nSPS) is 10.2. The van der Waals surface area contributed by atoms with Crippen LogP contribution in [0, 0.1) is 24.1 Å². The molecule has 2 aromatic carbocycles. The van der Waals surface area contributed by atoms with Crippen molar-refractivity contribution >= 4 is 0 Å². The van der Waals surface area contributed by atoms with Crippen LogP contribution in [0.5, 0.6) is 11.5 Å². The molecule has 3 aromatic rings. The van der Waals surface area contributed by atoms with Crippen molar-refractivity contribution in [2.24, 2.45) is 0 Å². The van der Waals surface area contributed by atoms with Gasteiger partial charge >= 0.3 is 0 Å². The highest BCUT2D eigenvalue weighted by Crippen LogP contribution is 2.28. The molecule has 0 saturated carbocycles. The van der Waals surface area contributed by atoms with Gasteiger partial charge in [-0.1, -0.05) is 11.2 Å². The summed E-state index contributed by atoms with van der Waals surface area (Å²) in [7, 11) is 0. The van der Waals surface area contributed by atoms with Gasteiger partial charge < -0.3 is 9.26 Å². The minimum atomic E-state index is -0.612. The van der Waals surface area contributed by atoms with Crippen molar-refractivity contribution < 1.29 is 13.7 Å². The summed E-state index contributed by atoms with van der Waals surface area (Å²) in [6, 6.07) is 12.9. The van der Waals surface area contributed by atoms with Crippen LogP contribution >= 0.6 is 0 Å². The molecule has 0 radical (unpaired) electrons. The second kappa shape index (κ2) is 5.66. The van der Waals surface area contributed by atoms with E-state index in [2.05, 4.69) is 10.1 Å². The molecule has 0 fully saturated rings. The average Bonchev–Trinajstić information content (AvgIpc) is 2.95. The summed E-state index contributed by atoms with van der Waals surface area (Å²) in [5.74, 6) is 0.997. The molecule has 1 heterocycles. The SMILES string of the molecule is Cc1nc(-c2ccc(Oc3cccc(F)c3C#N)cc2)no1. The van der Waals surface area contributed by atoms with Gasteiger partial charge in [0.15, 0.2) is 0 Å². The maximum atomic E-state index is 13.5. The molecule has 22 heavy (non-hydrogen) atoms. The number of nitrogens with zero attached hydrogens (tertiary/aromatic N) is 3. The first kappa shape index (κ1) is 13.8. The largest absolute Gasteiger partial charge is 0.456 e. The third-order valence-electron chi connectivity index (χ3n) is 2.96. The lowest BCUT2D eigenvalue weighted by Gasteiger charge is -2.07.